The second-order valence-electron chi connectivity index (χ2n) is 6.26. The van der Waals surface area contributed by atoms with Gasteiger partial charge in [-0.3, -0.25) is 0 Å². The number of nitrogens with one attached hydrogen (secondary N) is 1. The Hall–Kier alpha value is 0.230. The summed E-state index contributed by atoms with van der Waals surface area (Å²) < 4.78 is 2.44. The van der Waals surface area contributed by atoms with Crippen LogP contribution in [0.15, 0.2) is 22.7 Å². The van der Waals surface area contributed by atoms with Crippen molar-refractivity contribution < 1.29 is 0 Å². The SMILES string of the molecule is CC1CC(C)(C)CCC1Nc1ccc(I)c(Br)c1. The Morgan fingerprint density at radius 3 is 2.72 bits per heavy atom. The van der Waals surface area contributed by atoms with Crippen molar-refractivity contribution in [1.29, 1.82) is 0 Å². The highest BCUT2D eigenvalue weighted by Crippen LogP contribution is 2.39. The first kappa shape index (κ1) is 14.6. The van der Waals surface area contributed by atoms with Crippen LogP contribution in [0.1, 0.15) is 40.0 Å². The van der Waals surface area contributed by atoms with Crippen molar-refractivity contribution in [1.82, 2.24) is 0 Å². The van der Waals surface area contributed by atoms with Crippen LogP contribution in [0.3, 0.4) is 0 Å². The van der Waals surface area contributed by atoms with Crippen LogP contribution in [0.2, 0.25) is 0 Å². The van der Waals surface area contributed by atoms with Gasteiger partial charge >= 0.3 is 0 Å². The Kier molecular flexibility index (Phi) is 4.63. The molecule has 1 aromatic rings. The number of hydrogen-bond acceptors (Lipinski definition) is 1. The standard InChI is InChI=1S/C15H21BrIN/c1-10-9-15(2,3)7-6-14(10)18-11-4-5-13(17)12(16)8-11/h4-5,8,10,14,18H,6-7,9H2,1-3H3. The van der Waals surface area contributed by atoms with Crippen LogP contribution in [0.4, 0.5) is 5.69 Å². The minimum Gasteiger partial charge on any atom is -0.382 e. The average molecular weight is 422 g/mol. The van der Waals surface area contributed by atoms with Gasteiger partial charge in [0.1, 0.15) is 0 Å². The molecule has 2 unspecified atom stereocenters. The summed E-state index contributed by atoms with van der Waals surface area (Å²) in [5, 5.41) is 3.70. The summed E-state index contributed by atoms with van der Waals surface area (Å²) in [5.41, 5.74) is 1.75. The summed E-state index contributed by atoms with van der Waals surface area (Å²) >= 11 is 5.94. The summed E-state index contributed by atoms with van der Waals surface area (Å²) in [6.45, 7) is 7.16. The van der Waals surface area contributed by atoms with Gasteiger partial charge in [-0.2, -0.15) is 0 Å². The van der Waals surface area contributed by atoms with E-state index < -0.39 is 0 Å². The summed E-state index contributed by atoms with van der Waals surface area (Å²) in [6.07, 6.45) is 3.91. The third kappa shape index (κ3) is 3.62. The molecule has 1 aliphatic carbocycles. The van der Waals surface area contributed by atoms with Crippen LogP contribution >= 0.6 is 38.5 Å². The molecule has 1 nitrogen and oxygen atoms in total. The number of halogens is 2. The monoisotopic (exact) mass is 421 g/mol. The summed E-state index contributed by atoms with van der Waals surface area (Å²) in [5.74, 6) is 0.742. The molecule has 0 aromatic heterocycles. The lowest BCUT2D eigenvalue weighted by Crippen LogP contribution is -2.36. The Balaban J connectivity index is 2.03. The zero-order valence-corrected chi connectivity index (χ0v) is 15.0. The molecule has 3 heteroatoms. The quantitative estimate of drug-likeness (QED) is 0.605. The number of anilines is 1. The molecule has 100 valence electrons. The molecule has 0 radical (unpaired) electrons. The third-order valence-corrected chi connectivity index (χ3v) is 6.30. The van der Waals surface area contributed by atoms with E-state index in [4.69, 9.17) is 0 Å². The zero-order chi connectivity index (χ0) is 13.3. The second kappa shape index (κ2) is 5.70. The van der Waals surface area contributed by atoms with E-state index in [0.717, 1.165) is 5.92 Å². The number of hydrogen-bond donors (Lipinski definition) is 1. The highest BCUT2D eigenvalue weighted by molar-refractivity contribution is 14.1. The van der Waals surface area contributed by atoms with Crippen molar-refractivity contribution in [2.75, 3.05) is 5.32 Å². The first-order valence-corrected chi connectivity index (χ1v) is 8.46. The van der Waals surface area contributed by atoms with Crippen LogP contribution in [0.25, 0.3) is 0 Å². The molecule has 1 aliphatic rings. The molecule has 1 fully saturated rings. The van der Waals surface area contributed by atoms with Gasteiger partial charge in [0.2, 0.25) is 0 Å². The van der Waals surface area contributed by atoms with Crippen LogP contribution in [0.5, 0.6) is 0 Å². The topological polar surface area (TPSA) is 12.0 Å². The maximum absolute atomic E-state index is 3.70. The van der Waals surface area contributed by atoms with E-state index in [9.17, 15) is 0 Å². The molecular weight excluding hydrogens is 401 g/mol. The van der Waals surface area contributed by atoms with Gasteiger partial charge in [0.05, 0.1) is 0 Å². The van der Waals surface area contributed by atoms with Gasteiger partial charge in [0, 0.05) is 19.8 Å². The van der Waals surface area contributed by atoms with Crippen molar-refractivity contribution in [2.45, 2.75) is 46.1 Å². The fraction of sp³-hybridized carbons (Fsp3) is 0.600. The first-order valence-electron chi connectivity index (χ1n) is 6.59. The number of rotatable bonds is 2. The van der Waals surface area contributed by atoms with Gasteiger partial charge in [-0.25, -0.2) is 0 Å². The molecule has 18 heavy (non-hydrogen) atoms. The lowest BCUT2D eigenvalue weighted by molar-refractivity contribution is 0.177. The molecule has 0 amide bonds. The van der Waals surface area contributed by atoms with E-state index in [2.05, 4.69) is 82.8 Å². The zero-order valence-electron chi connectivity index (χ0n) is 11.3. The minimum absolute atomic E-state index is 0.518. The maximum atomic E-state index is 3.70. The van der Waals surface area contributed by atoms with Crippen LogP contribution in [-0.4, -0.2) is 6.04 Å². The Morgan fingerprint density at radius 1 is 1.39 bits per heavy atom. The van der Waals surface area contributed by atoms with Crippen molar-refractivity contribution >= 4 is 44.2 Å². The summed E-state index contributed by atoms with van der Waals surface area (Å²) in [4.78, 5) is 0. The maximum Gasteiger partial charge on any atom is 0.0354 e. The largest absolute Gasteiger partial charge is 0.382 e. The van der Waals surface area contributed by atoms with E-state index >= 15 is 0 Å². The van der Waals surface area contributed by atoms with Crippen LogP contribution in [-0.2, 0) is 0 Å². The van der Waals surface area contributed by atoms with Crippen molar-refractivity contribution in [2.24, 2.45) is 11.3 Å². The predicted molar refractivity (Wildman–Crippen MR) is 91.1 cm³/mol. The van der Waals surface area contributed by atoms with Gasteiger partial charge in [0.15, 0.2) is 0 Å². The smallest absolute Gasteiger partial charge is 0.0354 e. The predicted octanol–water partition coefficient (Wildman–Crippen LogP) is 5.68. The Morgan fingerprint density at radius 2 is 2.11 bits per heavy atom. The molecule has 0 saturated heterocycles. The van der Waals surface area contributed by atoms with Crippen molar-refractivity contribution in [3.63, 3.8) is 0 Å². The summed E-state index contributed by atoms with van der Waals surface area (Å²) in [6, 6.07) is 7.14. The fourth-order valence-electron chi connectivity index (χ4n) is 2.96. The Labute approximate surface area is 132 Å². The van der Waals surface area contributed by atoms with Crippen LogP contribution in [0, 0.1) is 14.9 Å². The molecule has 1 aromatic carbocycles. The normalized spacial score (nSPS) is 26.9. The average Bonchev–Trinajstić information content (AvgIpc) is 2.27. The molecule has 0 heterocycles. The molecule has 0 aliphatic heterocycles. The molecule has 1 N–H and O–H groups in total. The van der Waals surface area contributed by atoms with Crippen LogP contribution < -0.4 is 5.32 Å². The Bertz CT molecular complexity index is 431. The minimum atomic E-state index is 0.518. The van der Waals surface area contributed by atoms with Gasteiger partial charge in [-0.1, -0.05) is 20.8 Å². The van der Waals surface area contributed by atoms with Gasteiger partial charge in [-0.15, -0.1) is 0 Å². The molecular formula is C15H21BrIN. The lowest BCUT2D eigenvalue weighted by atomic mass is 9.70. The first-order chi connectivity index (χ1) is 8.37. The second-order valence-corrected chi connectivity index (χ2v) is 8.28. The van der Waals surface area contributed by atoms with Crippen molar-refractivity contribution in [3.05, 3.63) is 26.2 Å². The van der Waals surface area contributed by atoms with Crippen molar-refractivity contribution in [3.8, 4) is 0 Å². The van der Waals surface area contributed by atoms with Gasteiger partial charge in [-0.05, 0) is 87.3 Å². The number of benzene rings is 1. The van der Waals surface area contributed by atoms with Gasteiger partial charge in [0.25, 0.3) is 0 Å². The molecule has 0 bridgehead atoms. The van der Waals surface area contributed by atoms with E-state index in [1.807, 2.05) is 0 Å². The van der Waals surface area contributed by atoms with E-state index in [1.54, 1.807) is 0 Å². The third-order valence-electron chi connectivity index (χ3n) is 3.97. The molecule has 2 atom stereocenters. The highest BCUT2D eigenvalue weighted by atomic mass is 127. The fourth-order valence-corrected chi connectivity index (χ4v) is 3.68. The molecule has 0 spiro atoms. The van der Waals surface area contributed by atoms with E-state index in [-0.39, 0.29) is 0 Å². The molecule has 1 saturated carbocycles. The van der Waals surface area contributed by atoms with E-state index in [1.165, 1.54) is 33.0 Å². The summed E-state index contributed by atoms with van der Waals surface area (Å²) in [7, 11) is 0. The van der Waals surface area contributed by atoms with E-state index in [0.29, 0.717) is 11.5 Å². The highest BCUT2D eigenvalue weighted by Gasteiger charge is 2.32. The lowest BCUT2D eigenvalue weighted by Gasteiger charge is -2.40. The van der Waals surface area contributed by atoms with Gasteiger partial charge < -0.3 is 5.32 Å². The molecule has 2 rings (SSSR count).